The molecule has 0 saturated heterocycles. The molecule has 0 spiro atoms. The number of nitrogens with zero attached hydrogens (tertiary/aromatic N) is 2. The molecule has 0 amide bonds. The van der Waals surface area contributed by atoms with Gasteiger partial charge in [-0.25, -0.2) is 4.98 Å². The van der Waals surface area contributed by atoms with Crippen LogP contribution in [0.3, 0.4) is 0 Å². The van der Waals surface area contributed by atoms with Crippen molar-refractivity contribution in [1.82, 2.24) is 4.98 Å². The minimum atomic E-state index is 0.650. The Morgan fingerprint density at radius 1 is 0.469 bits per heavy atom. The van der Waals surface area contributed by atoms with E-state index in [2.05, 4.69) is 169 Å². The average Bonchev–Trinajstić information content (AvgIpc) is 3.78. The highest BCUT2D eigenvalue weighted by Gasteiger charge is 2.19. The Kier molecular flexibility index (Phi) is 6.36. The highest BCUT2D eigenvalue weighted by molar-refractivity contribution is 7.26. The molecule has 2 heterocycles. The number of aromatic nitrogens is 1. The summed E-state index contributed by atoms with van der Waals surface area (Å²) < 4.78 is 8.85. The van der Waals surface area contributed by atoms with E-state index in [-0.39, 0.29) is 0 Å². The monoisotopic (exact) mass is 644 g/mol. The van der Waals surface area contributed by atoms with Crippen molar-refractivity contribution in [2.45, 2.75) is 0 Å². The van der Waals surface area contributed by atoms with Gasteiger partial charge in [0.05, 0.1) is 0 Å². The normalized spacial score (nSPS) is 11.7. The standard InChI is InChI=1S/C45H28N2OS/c1-2-9-29(10-3-1)31-17-21-34(22-18-31)47(35-23-19-30-11-4-5-13-33(30)27-35)36-24-25-38-42(28-36)49-41-16-8-15-39(43(38)41)45-46-44-37-14-7-6-12-32(37)20-26-40(44)48-45/h1-28H. The average molecular weight is 645 g/mol. The number of hydrogen-bond acceptors (Lipinski definition) is 4. The van der Waals surface area contributed by atoms with Crippen molar-refractivity contribution in [2.24, 2.45) is 0 Å². The van der Waals surface area contributed by atoms with Crippen molar-refractivity contribution in [3.05, 3.63) is 170 Å². The van der Waals surface area contributed by atoms with Gasteiger partial charge in [-0.1, -0.05) is 115 Å². The molecule has 4 heteroatoms. The summed E-state index contributed by atoms with van der Waals surface area (Å²) in [5.41, 5.74) is 8.45. The molecule has 0 aliphatic rings. The first-order valence-corrected chi connectivity index (χ1v) is 17.3. The van der Waals surface area contributed by atoms with Crippen molar-refractivity contribution < 1.29 is 4.42 Å². The molecule has 10 aromatic rings. The fraction of sp³-hybridized carbons (Fsp3) is 0. The molecule has 0 atom stereocenters. The molecule has 0 bridgehead atoms. The molecule has 0 N–H and O–H groups in total. The maximum absolute atomic E-state index is 6.43. The Labute approximate surface area is 286 Å². The highest BCUT2D eigenvalue weighted by Crippen LogP contribution is 2.44. The minimum absolute atomic E-state index is 0.650. The van der Waals surface area contributed by atoms with Crippen molar-refractivity contribution in [2.75, 3.05) is 4.90 Å². The van der Waals surface area contributed by atoms with Crippen LogP contribution in [0.1, 0.15) is 0 Å². The molecule has 2 aromatic heterocycles. The number of oxazole rings is 1. The second-order valence-electron chi connectivity index (χ2n) is 12.4. The number of thiophene rings is 1. The van der Waals surface area contributed by atoms with E-state index in [0.717, 1.165) is 44.5 Å². The Balaban J connectivity index is 1.12. The Hall–Kier alpha value is -6.23. The summed E-state index contributed by atoms with van der Waals surface area (Å²) in [6, 6.07) is 60.4. The van der Waals surface area contributed by atoms with Gasteiger partial charge in [0.25, 0.3) is 0 Å². The third-order valence-corrected chi connectivity index (χ3v) is 10.6. The number of benzene rings is 8. The quantitative estimate of drug-likeness (QED) is 0.187. The lowest BCUT2D eigenvalue weighted by Gasteiger charge is -2.26. The second kappa shape index (κ2) is 11.2. The van der Waals surface area contributed by atoms with Gasteiger partial charge in [0.15, 0.2) is 5.58 Å². The summed E-state index contributed by atoms with van der Waals surface area (Å²) in [6.45, 7) is 0. The fourth-order valence-electron chi connectivity index (χ4n) is 7.10. The van der Waals surface area contributed by atoms with Crippen LogP contribution in [-0.2, 0) is 0 Å². The van der Waals surface area contributed by atoms with Crippen molar-refractivity contribution in [3.8, 4) is 22.6 Å². The molecule has 49 heavy (non-hydrogen) atoms. The van der Waals surface area contributed by atoms with E-state index in [0.29, 0.717) is 5.89 Å². The number of hydrogen-bond donors (Lipinski definition) is 0. The van der Waals surface area contributed by atoms with Crippen molar-refractivity contribution in [1.29, 1.82) is 0 Å². The van der Waals surface area contributed by atoms with Crippen LogP contribution in [0.25, 0.3) is 75.4 Å². The molecule has 3 nitrogen and oxygen atoms in total. The highest BCUT2D eigenvalue weighted by atomic mass is 32.1. The number of rotatable bonds is 5. The van der Waals surface area contributed by atoms with E-state index in [1.54, 1.807) is 0 Å². The van der Waals surface area contributed by atoms with Gasteiger partial charge >= 0.3 is 0 Å². The smallest absolute Gasteiger partial charge is 0.228 e. The van der Waals surface area contributed by atoms with Gasteiger partial charge in [0.2, 0.25) is 5.89 Å². The Morgan fingerprint density at radius 2 is 1.16 bits per heavy atom. The van der Waals surface area contributed by atoms with Crippen molar-refractivity contribution >= 4 is 81.2 Å². The number of fused-ring (bicyclic) bond motifs is 7. The van der Waals surface area contributed by atoms with E-state index in [1.807, 2.05) is 17.4 Å². The van der Waals surface area contributed by atoms with E-state index < -0.39 is 0 Å². The van der Waals surface area contributed by atoms with E-state index in [1.165, 1.54) is 42.1 Å². The van der Waals surface area contributed by atoms with E-state index in [4.69, 9.17) is 9.40 Å². The lowest BCUT2D eigenvalue weighted by molar-refractivity contribution is 0.621. The van der Waals surface area contributed by atoms with Crippen LogP contribution < -0.4 is 4.90 Å². The molecular formula is C45H28N2OS. The van der Waals surface area contributed by atoms with Crippen molar-refractivity contribution in [3.63, 3.8) is 0 Å². The molecule has 230 valence electrons. The predicted octanol–water partition coefficient (Wildman–Crippen LogP) is 13.3. The van der Waals surface area contributed by atoms with E-state index in [9.17, 15) is 0 Å². The first kappa shape index (κ1) is 27.8. The van der Waals surface area contributed by atoms with Gasteiger partial charge in [-0.2, -0.15) is 0 Å². The topological polar surface area (TPSA) is 29.3 Å². The van der Waals surface area contributed by atoms with Gasteiger partial charge in [-0.15, -0.1) is 11.3 Å². The molecule has 0 aliphatic carbocycles. The maximum Gasteiger partial charge on any atom is 0.228 e. The van der Waals surface area contributed by atoms with Gasteiger partial charge in [-0.05, 0) is 81.9 Å². The van der Waals surface area contributed by atoms with Gasteiger partial charge in [-0.3, -0.25) is 0 Å². The molecule has 10 rings (SSSR count). The molecule has 0 unspecified atom stereocenters. The summed E-state index contributed by atoms with van der Waals surface area (Å²) in [5.74, 6) is 0.650. The second-order valence-corrected chi connectivity index (χ2v) is 13.5. The maximum atomic E-state index is 6.43. The molecular weight excluding hydrogens is 617 g/mol. The Morgan fingerprint density at radius 3 is 2.04 bits per heavy atom. The molecule has 8 aromatic carbocycles. The minimum Gasteiger partial charge on any atom is -0.436 e. The van der Waals surface area contributed by atoms with Gasteiger partial charge in [0.1, 0.15) is 5.52 Å². The van der Waals surface area contributed by atoms with Crippen LogP contribution in [0.2, 0.25) is 0 Å². The molecule has 0 fully saturated rings. The lowest BCUT2D eigenvalue weighted by Crippen LogP contribution is -2.09. The van der Waals surface area contributed by atoms with Gasteiger partial charge < -0.3 is 9.32 Å². The van der Waals surface area contributed by atoms with Crippen LogP contribution in [-0.4, -0.2) is 4.98 Å². The number of anilines is 3. The van der Waals surface area contributed by atoms with Gasteiger partial charge in [0, 0.05) is 48.2 Å². The first-order chi connectivity index (χ1) is 24.3. The summed E-state index contributed by atoms with van der Waals surface area (Å²) in [7, 11) is 0. The zero-order chi connectivity index (χ0) is 32.3. The molecule has 0 radical (unpaired) electrons. The largest absolute Gasteiger partial charge is 0.436 e. The van der Waals surface area contributed by atoms with Crippen LogP contribution in [0, 0.1) is 0 Å². The third kappa shape index (κ3) is 4.68. The SMILES string of the molecule is c1ccc(-c2ccc(N(c3ccc4ccccc4c3)c3ccc4c(c3)sc3cccc(-c5nc6c(ccc7ccccc76)o5)c34)cc2)cc1. The van der Waals surface area contributed by atoms with Crippen LogP contribution >= 0.6 is 11.3 Å². The first-order valence-electron chi connectivity index (χ1n) is 16.5. The summed E-state index contributed by atoms with van der Waals surface area (Å²) in [5, 5.41) is 7.08. The predicted molar refractivity (Wildman–Crippen MR) is 207 cm³/mol. The summed E-state index contributed by atoms with van der Waals surface area (Å²) in [4.78, 5) is 7.42. The fourth-order valence-corrected chi connectivity index (χ4v) is 8.27. The Bertz CT molecular complexity index is 2830. The zero-order valence-electron chi connectivity index (χ0n) is 26.4. The van der Waals surface area contributed by atoms with Crippen LogP contribution in [0.4, 0.5) is 17.1 Å². The summed E-state index contributed by atoms with van der Waals surface area (Å²) in [6.07, 6.45) is 0. The molecule has 0 saturated carbocycles. The summed E-state index contributed by atoms with van der Waals surface area (Å²) >= 11 is 1.81. The van der Waals surface area contributed by atoms with Crippen LogP contribution in [0.5, 0.6) is 0 Å². The zero-order valence-corrected chi connectivity index (χ0v) is 27.2. The van der Waals surface area contributed by atoms with Crippen LogP contribution in [0.15, 0.2) is 174 Å². The lowest BCUT2D eigenvalue weighted by atomic mass is 10.0. The third-order valence-electron chi connectivity index (χ3n) is 9.48. The van der Waals surface area contributed by atoms with E-state index >= 15 is 0 Å². The molecule has 0 aliphatic heterocycles.